The smallest absolute Gasteiger partial charge is 0.366 e. The molecule has 0 aliphatic carbocycles. The first-order valence-electron chi connectivity index (χ1n) is 7.68. The molecule has 9 nitrogen and oxygen atoms in total. The van der Waals surface area contributed by atoms with Gasteiger partial charge >= 0.3 is 11.8 Å². The molecule has 0 fully saturated rings. The van der Waals surface area contributed by atoms with Crippen molar-refractivity contribution in [3.05, 3.63) is 58.1 Å². The number of ether oxygens (including phenoxy) is 1. The van der Waals surface area contributed by atoms with E-state index in [4.69, 9.17) is 4.74 Å². The van der Waals surface area contributed by atoms with Crippen molar-refractivity contribution in [1.82, 2.24) is 4.98 Å². The number of nitrogens with zero attached hydrogens (tertiary/aromatic N) is 3. The summed E-state index contributed by atoms with van der Waals surface area (Å²) in [6.45, 7) is 2.99. The third kappa shape index (κ3) is 2.83. The SMILES string of the molecule is CC1(C)Oc2ccc([N+](=O)[O-])nc2N(C(C(=O)O)c2ccccc2)C1=O. The Kier molecular flexibility index (Phi) is 4.07. The molecule has 1 aliphatic rings. The van der Waals surface area contributed by atoms with Crippen LogP contribution in [0.3, 0.4) is 0 Å². The number of hydrogen-bond donors (Lipinski definition) is 1. The highest BCUT2D eigenvalue weighted by Gasteiger charge is 2.49. The molecule has 1 aliphatic heterocycles. The van der Waals surface area contributed by atoms with Gasteiger partial charge in [-0.1, -0.05) is 30.3 Å². The van der Waals surface area contributed by atoms with Gasteiger partial charge in [-0.25, -0.2) is 4.79 Å². The van der Waals surface area contributed by atoms with Gasteiger partial charge in [0.2, 0.25) is 0 Å². The quantitative estimate of drug-likeness (QED) is 0.658. The van der Waals surface area contributed by atoms with Crippen LogP contribution in [0.15, 0.2) is 42.5 Å². The van der Waals surface area contributed by atoms with E-state index in [0.717, 1.165) is 11.0 Å². The number of aromatic nitrogens is 1. The zero-order valence-corrected chi connectivity index (χ0v) is 13.9. The van der Waals surface area contributed by atoms with E-state index in [-0.39, 0.29) is 11.6 Å². The Balaban J connectivity index is 2.24. The maximum absolute atomic E-state index is 12.9. The number of fused-ring (bicyclic) bond motifs is 1. The molecule has 2 heterocycles. The molecule has 26 heavy (non-hydrogen) atoms. The van der Waals surface area contributed by atoms with E-state index in [1.54, 1.807) is 30.3 Å². The van der Waals surface area contributed by atoms with E-state index in [9.17, 15) is 24.8 Å². The van der Waals surface area contributed by atoms with Crippen LogP contribution < -0.4 is 9.64 Å². The highest BCUT2D eigenvalue weighted by atomic mass is 16.6. The number of carbonyl (C=O) groups excluding carboxylic acids is 1. The van der Waals surface area contributed by atoms with Crippen LogP contribution >= 0.6 is 0 Å². The number of hydrogen-bond acceptors (Lipinski definition) is 6. The molecule has 1 atom stereocenters. The number of pyridine rings is 1. The Hall–Kier alpha value is -3.49. The van der Waals surface area contributed by atoms with Gasteiger partial charge in [-0.3, -0.25) is 9.69 Å². The number of carboxylic acid groups (broad SMARTS) is 1. The predicted octanol–water partition coefficient (Wildman–Crippen LogP) is 2.32. The molecule has 9 heteroatoms. The fourth-order valence-electron chi connectivity index (χ4n) is 2.76. The Morgan fingerprint density at radius 2 is 1.92 bits per heavy atom. The molecule has 0 radical (unpaired) electrons. The highest BCUT2D eigenvalue weighted by Crippen LogP contribution is 2.41. The number of benzene rings is 1. The second-order valence-corrected chi connectivity index (χ2v) is 6.19. The minimum Gasteiger partial charge on any atom is -0.479 e. The largest absolute Gasteiger partial charge is 0.479 e. The van der Waals surface area contributed by atoms with Crippen LogP contribution in [-0.2, 0) is 9.59 Å². The molecule has 3 rings (SSSR count). The molecule has 0 saturated heterocycles. The van der Waals surface area contributed by atoms with Crippen molar-refractivity contribution in [2.45, 2.75) is 25.5 Å². The molecule has 0 spiro atoms. The van der Waals surface area contributed by atoms with Crippen LogP contribution in [0.25, 0.3) is 0 Å². The number of amides is 1. The molecule has 2 aromatic rings. The van der Waals surface area contributed by atoms with Crippen LogP contribution in [0, 0.1) is 10.1 Å². The van der Waals surface area contributed by atoms with Gasteiger partial charge in [0.05, 0.1) is 0 Å². The van der Waals surface area contributed by atoms with Crippen molar-refractivity contribution >= 4 is 23.5 Å². The number of aliphatic carboxylic acids is 1. The summed E-state index contributed by atoms with van der Waals surface area (Å²) in [5, 5.41) is 20.8. The fraction of sp³-hybridized carbons (Fsp3) is 0.235. The first-order chi connectivity index (χ1) is 12.2. The lowest BCUT2D eigenvalue weighted by Gasteiger charge is -2.38. The minimum atomic E-state index is -1.40. The van der Waals surface area contributed by atoms with Gasteiger partial charge in [-0.2, -0.15) is 0 Å². The summed E-state index contributed by atoms with van der Waals surface area (Å²) in [5.74, 6) is -2.56. The second-order valence-electron chi connectivity index (χ2n) is 6.19. The van der Waals surface area contributed by atoms with E-state index in [1.165, 1.54) is 19.9 Å². The summed E-state index contributed by atoms with van der Waals surface area (Å²) in [7, 11) is 0. The van der Waals surface area contributed by atoms with E-state index < -0.39 is 34.3 Å². The Bertz CT molecular complexity index is 897. The molecule has 0 bridgehead atoms. The van der Waals surface area contributed by atoms with Gasteiger partial charge in [0.25, 0.3) is 11.7 Å². The molecule has 0 saturated carbocycles. The maximum atomic E-state index is 12.9. The van der Waals surface area contributed by atoms with Crippen molar-refractivity contribution in [2.75, 3.05) is 4.90 Å². The average molecular weight is 357 g/mol. The summed E-state index contributed by atoms with van der Waals surface area (Å²) in [4.78, 5) is 40.1. The number of carbonyl (C=O) groups is 2. The highest BCUT2D eigenvalue weighted by molar-refractivity contribution is 6.05. The molecule has 1 aromatic heterocycles. The van der Waals surface area contributed by atoms with Gasteiger partial charge in [0.15, 0.2) is 17.4 Å². The first kappa shape index (κ1) is 17.3. The Labute approximate surface area is 148 Å². The lowest BCUT2D eigenvalue weighted by molar-refractivity contribution is -0.389. The zero-order chi connectivity index (χ0) is 19.1. The van der Waals surface area contributed by atoms with Gasteiger partial charge in [-0.05, 0) is 35.4 Å². The Morgan fingerprint density at radius 3 is 2.50 bits per heavy atom. The summed E-state index contributed by atoms with van der Waals surface area (Å²) < 4.78 is 5.59. The lowest BCUT2D eigenvalue weighted by atomic mass is 9.99. The van der Waals surface area contributed by atoms with E-state index in [1.807, 2.05) is 0 Å². The van der Waals surface area contributed by atoms with Gasteiger partial charge in [0.1, 0.15) is 0 Å². The monoisotopic (exact) mass is 357 g/mol. The summed E-state index contributed by atoms with van der Waals surface area (Å²) in [6.07, 6.45) is 0. The van der Waals surface area contributed by atoms with Crippen molar-refractivity contribution in [3.63, 3.8) is 0 Å². The fourth-order valence-corrected chi connectivity index (χ4v) is 2.76. The van der Waals surface area contributed by atoms with Gasteiger partial charge < -0.3 is 20.0 Å². The predicted molar refractivity (Wildman–Crippen MR) is 89.9 cm³/mol. The van der Waals surface area contributed by atoms with Crippen molar-refractivity contribution < 1.29 is 24.4 Å². The van der Waals surface area contributed by atoms with Crippen LogP contribution in [0.4, 0.5) is 11.6 Å². The van der Waals surface area contributed by atoms with Crippen molar-refractivity contribution in [2.24, 2.45) is 0 Å². The van der Waals surface area contributed by atoms with Crippen LogP contribution in [0.2, 0.25) is 0 Å². The normalized spacial score (nSPS) is 16.4. The van der Waals surface area contributed by atoms with Crippen molar-refractivity contribution in [1.29, 1.82) is 0 Å². The molecule has 1 unspecified atom stereocenters. The lowest BCUT2D eigenvalue weighted by Crippen LogP contribution is -2.55. The molecule has 134 valence electrons. The third-order valence-electron chi connectivity index (χ3n) is 3.95. The van der Waals surface area contributed by atoms with Crippen LogP contribution in [0.1, 0.15) is 25.5 Å². The average Bonchev–Trinajstić information content (AvgIpc) is 2.58. The summed E-state index contributed by atoms with van der Waals surface area (Å²) in [6, 6.07) is 9.17. The molecule has 1 aromatic carbocycles. The van der Waals surface area contributed by atoms with Gasteiger partial charge in [-0.15, -0.1) is 0 Å². The molecular weight excluding hydrogens is 342 g/mol. The number of nitro groups is 1. The van der Waals surface area contributed by atoms with E-state index in [2.05, 4.69) is 4.98 Å². The Morgan fingerprint density at radius 1 is 1.27 bits per heavy atom. The first-order valence-corrected chi connectivity index (χ1v) is 7.68. The topological polar surface area (TPSA) is 123 Å². The molecule has 1 N–H and O–H groups in total. The number of carboxylic acids is 1. The third-order valence-corrected chi connectivity index (χ3v) is 3.95. The van der Waals surface area contributed by atoms with Crippen molar-refractivity contribution in [3.8, 4) is 5.75 Å². The zero-order valence-electron chi connectivity index (χ0n) is 13.9. The minimum absolute atomic E-state index is 0.0994. The van der Waals surface area contributed by atoms with E-state index >= 15 is 0 Å². The maximum Gasteiger partial charge on any atom is 0.366 e. The number of anilines is 1. The van der Waals surface area contributed by atoms with Crippen LogP contribution in [0.5, 0.6) is 5.75 Å². The second kappa shape index (κ2) is 6.10. The summed E-state index contributed by atoms with van der Waals surface area (Å²) >= 11 is 0. The standard InChI is InChI=1S/C17H15N3O6/c1-17(2)16(23)19(13(15(21)22)10-6-4-3-5-7-10)14-11(26-17)8-9-12(18-14)20(24)25/h3-9,13H,1-2H3,(H,21,22). The molecule has 1 amide bonds. The number of rotatable bonds is 4. The van der Waals surface area contributed by atoms with Crippen LogP contribution in [-0.4, -0.2) is 32.5 Å². The van der Waals surface area contributed by atoms with Gasteiger partial charge in [0, 0.05) is 6.07 Å². The molecular formula is C17H15N3O6. The van der Waals surface area contributed by atoms with E-state index in [0.29, 0.717) is 5.56 Å². The summed E-state index contributed by atoms with van der Waals surface area (Å²) in [5.41, 5.74) is -1.02.